The topological polar surface area (TPSA) is 72.5 Å². The van der Waals surface area contributed by atoms with Crippen molar-refractivity contribution in [3.63, 3.8) is 0 Å². The van der Waals surface area contributed by atoms with Crippen molar-refractivity contribution in [2.45, 2.75) is 99.0 Å². The van der Waals surface area contributed by atoms with Crippen LogP contribution in [0.1, 0.15) is 92.9 Å². The van der Waals surface area contributed by atoms with E-state index in [-0.39, 0.29) is 40.6 Å². The summed E-state index contributed by atoms with van der Waals surface area (Å²) in [4.78, 5) is 36.4. The minimum Gasteiger partial charge on any atom is -0.462 e. The van der Waals surface area contributed by atoms with E-state index in [9.17, 15) is 14.4 Å². The number of nitrogens with one attached hydrogen (secondary N) is 1. The predicted molar refractivity (Wildman–Crippen MR) is 140 cm³/mol. The van der Waals surface area contributed by atoms with Crippen molar-refractivity contribution in [2.75, 3.05) is 6.54 Å². The van der Waals surface area contributed by atoms with Gasteiger partial charge in [-0.3, -0.25) is 14.4 Å². The summed E-state index contributed by atoms with van der Waals surface area (Å²) in [6.07, 6.45) is 11.0. The van der Waals surface area contributed by atoms with Gasteiger partial charge in [-0.25, -0.2) is 0 Å². The molecule has 0 aromatic rings. The number of hydrogen-bond donors (Lipinski definition) is 1. The third kappa shape index (κ3) is 4.00. The molecule has 0 aliphatic heterocycles. The van der Waals surface area contributed by atoms with E-state index in [0.717, 1.165) is 44.1 Å². The number of esters is 1. The molecule has 0 unspecified atom stereocenters. The fraction of sp³-hybridized carbons (Fsp3) is 0.774. The Morgan fingerprint density at radius 1 is 1.14 bits per heavy atom. The molecule has 1 N–H and O–H groups in total. The van der Waals surface area contributed by atoms with Crippen LogP contribution in [0.3, 0.4) is 0 Å². The molecule has 5 aliphatic carbocycles. The highest BCUT2D eigenvalue weighted by atomic mass is 16.5. The molecule has 0 spiro atoms. The first-order valence-electron chi connectivity index (χ1n) is 14.3. The van der Waals surface area contributed by atoms with Crippen LogP contribution in [0.15, 0.2) is 22.8 Å². The van der Waals surface area contributed by atoms with E-state index in [1.165, 1.54) is 30.9 Å². The Kier molecular flexibility index (Phi) is 6.53. The normalized spacial score (nSPS) is 42.1. The van der Waals surface area contributed by atoms with Gasteiger partial charge in [0.2, 0.25) is 5.91 Å². The van der Waals surface area contributed by atoms with Gasteiger partial charge in [0.05, 0.1) is 0 Å². The number of ketones is 1. The van der Waals surface area contributed by atoms with E-state index < -0.39 is 0 Å². The van der Waals surface area contributed by atoms with Crippen molar-refractivity contribution in [1.82, 2.24) is 5.32 Å². The molecule has 5 aliphatic rings. The van der Waals surface area contributed by atoms with Gasteiger partial charge >= 0.3 is 5.97 Å². The zero-order valence-corrected chi connectivity index (χ0v) is 23.1. The van der Waals surface area contributed by atoms with Crippen LogP contribution < -0.4 is 5.32 Å². The van der Waals surface area contributed by atoms with Crippen molar-refractivity contribution in [3.8, 4) is 0 Å². The lowest BCUT2D eigenvalue weighted by atomic mass is 9.47. The Hall–Kier alpha value is -1.91. The van der Waals surface area contributed by atoms with Crippen molar-refractivity contribution in [2.24, 2.45) is 46.3 Å². The van der Waals surface area contributed by atoms with Crippen LogP contribution >= 0.6 is 0 Å². The number of carbonyl (C=O) groups excluding carboxylic acids is 3. The SMILES string of the molecule is CC(=O)NC[C@@H](C)CC1=C2C[C@H]3[C@@H]4CC=C5C[C@@H](OC(C)=O)CC[C@]5(C)[C@H]4CC[C@]3(C)[C@H]2[C@@H](C)C1=O. The van der Waals surface area contributed by atoms with Crippen LogP contribution in [0.2, 0.25) is 0 Å². The molecule has 36 heavy (non-hydrogen) atoms. The number of Topliss-reactive ketones (excluding diaryl/α,β-unsaturated/α-hetero) is 1. The molecule has 0 aromatic heterocycles. The Labute approximate surface area is 216 Å². The number of hydrogen-bond acceptors (Lipinski definition) is 4. The Morgan fingerprint density at radius 3 is 2.58 bits per heavy atom. The third-order valence-corrected chi connectivity index (χ3v) is 11.2. The molecule has 1 amide bonds. The summed E-state index contributed by atoms with van der Waals surface area (Å²) in [5.41, 5.74) is 4.50. The first-order valence-corrected chi connectivity index (χ1v) is 14.3. The molecule has 5 nitrogen and oxygen atoms in total. The van der Waals surface area contributed by atoms with Crippen LogP contribution in [-0.4, -0.2) is 30.3 Å². The summed E-state index contributed by atoms with van der Waals surface area (Å²) < 4.78 is 5.61. The lowest BCUT2D eigenvalue weighted by Gasteiger charge is -2.58. The molecule has 3 fully saturated rings. The van der Waals surface area contributed by atoms with Gasteiger partial charge in [0.25, 0.3) is 0 Å². The summed E-state index contributed by atoms with van der Waals surface area (Å²) in [5.74, 6) is 2.91. The van der Waals surface area contributed by atoms with Gasteiger partial charge in [-0.2, -0.15) is 0 Å². The third-order valence-electron chi connectivity index (χ3n) is 11.2. The maximum Gasteiger partial charge on any atom is 0.302 e. The fourth-order valence-corrected chi connectivity index (χ4v) is 9.58. The van der Waals surface area contributed by atoms with E-state index in [1.54, 1.807) is 6.92 Å². The summed E-state index contributed by atoms with van der Waals surface area (Å²) in [7, 11) is 0. The maximum atomic E-state index is 13.4. The highest BCUT2D eigenvalue weighted by Gasteiger charge is 2.63. The number of fused-ring (bicyclic) bond motifs is 7. The first-order chi connectivity index (χ1) is 17.0. The molecule has 0 heterocycles. The minimum atomic E-state index is -0.164. The highest BCUT2D eigenvalue weighted by molar-refractivity contribution is 6.01. The van der Waals surface area contributed by atoms with Gasteiger partial charge in [0.1, 0.15) is 6.10 Å². The molecule has 0 aromatic carbocycles. The molecular weight excluding hydrogens is 450 g/mol. The number of allylic oxidation sites excluding steroid dienone is 3. The lowest BCUT2D eigenvalue weighted by Crippen LogP contribution is -2.51. The minimum absolute atomic E-state index is 0.00552. The number of amides is 1. The second-order valence-electron chi connectivity index (χ2n) is 13.4. The van der Waals surface area contributed by atoms with Crippen molar-refractivity contribution < 1.29 is 19.1 Å². The van der Waals surface area contributed by atoms with Crippen LogP contribution in [0.5, 0.6) is 0 Å². The molecule has 198 valence electrons. The van der Waals surface area contributed by atoms with E-state index in [0.29, 0.717) is 36.0 Å². The fourth-order valence-electron chi connectivity index (χ4n) is 9.58. The maximum absolute atomic E-state index is 13.4. The van der Waals surface area contributed by atoms with E-state index >= 15 is 0 Å². The Balaban J connectivity index is 1.40. The van der Waals surface area contributed by atoms with Crippen molar-refractivity contribution >= 4 is 17.7 Å². The summed E-state index contributed by atoms with van der Waals surface area (Å²) in [6.45, 7) is 13.0. The standard InChI is InChI=1S/C31H45NO4/c1-17(16-32-19(3)33)13-25-24-15-27-23-8-7-21-14-22(36-20(4)34)9-11-30(21,5)26(23)10-12-31(27,6)28(24)18(2)29(25)35/h7,17-18,22-23,26-28H,8-16H2,1-6H3,(H,32,33)/t17-,18+,22-,23+,26-,27-,28-,30-,31-/m0/s1. The molecular formula is C31H45NO4. The van der Waals surface area contributed by atoms with Gasteiger partial charge < -0.3 is 10.1 Å². The molecule has 0 radical (unpaired) electrons. The number of rotatable bonds is 5. The van der Waals surface area contributed by atoms with Crippen molar-refractivity contribution in [3.05, 3.63) is 22.8 Å². The first kappa shape index (κ1) is 25.7. The molecule has 9 atom stereocenters. The largest absolute Gasteiger partial charge is 0.462 e. The van der Waals surface area contributed by atoms with E-state index in [1.807, 2.05) is 0 Å². The van der Waals surface area contributed by atoms with Crippen LogP contribution in [-0.2, 0) is 19.1 Å². The quantitative estimate of drug-likeness (QED) is 0.387. The van der Waals surface area contributed by atoms with Gasteiger partial charge in [0, 0.05) is 32.7 Å². The smallest absolute Gasteiger partial charge is 0.302 e. The number of carbonyl (C=O) groups is 3. The highest BCUT2D eigenvalue weighted by Crippen LogP contribution is 2.70. The molecule has 5 rings (SSSR count). The van der Waals surface area contributed by atoms with E-state index in [2.05, 4.69) is 39.1 Å². The summed E-state index contributed by atoms with van der Waals surface area (Å²) >= 11 is 0. The van der Waals surface area contributed by atoms with Crippen LogP contribution in [0.25, 0.3) is 0 Å². The summed E-state index contributed by atoms with van der Waals surface area (Å²) in [5, 5.41) is 2.94. The van der Waals surface area contributed by atoms with Crippen LogP contribution in [0.4, 0.5) is 0 Å². The van der Waals surface area contributed by atoms with Gasteiger partial charge in [0.15, 0.2) is 5.78 Å². The monoisotopic (exact) mass is 495 g/mol. The number of ether oxygens (including phenoxy) is 1. The average molecular weight is 496 g/mol. The van der Waals surface area contributed by atoms with Crippen LogP contribution in [0, 0.1) is 46.3 Å². The molecule has 0 bridgehead atoms. The zero-order chi connectivity index (χ0) is 26.0. The second-order valence-corrected chi connectivity index (χ2v) is 13.4. The molecule has 5 heteroatoms. The summed E-state index contributed by atoms with van der Waals surface area (Å²) in [6, 6.07) is 0. The zero-order valence-electron chi connectivity index (χ0n) is 23.1. The van der Waals surface area contributed by atoms with Crippen molar-refractivity contribution in [1.29, 1.82) is 0 Å². The van der Waals surface area contributed by atoms with Gasteiger partial charge in [-0.15, -0.1) is 0 Å². The second kappa shape index (κ2) is 9.13. The lowest BCUT2D eigenvalue weighted by molar-refractivity contribution is -0.148. The van der Waals surface area contributed by atoms with Gasteiger partial charge in [-0.1, -0.05) is 44.9 Å². The Morgan fingerprint density at radius 2 is 1.89 bits per heavy atom. The van der Waals surface area contributed by atoms with Gasteiger partial charge in [-0.05, 0) is 90.9 Å². The molecule has 3 saturated carbocycles. The van der Waals surface area contributed by atoms with E-state index in [4.69, 9.17) is 4.74 Å². The predicted octanol–water partition coefficient (Wildman–Crippen LogP) is 5.78. The average Bonchev–Trinajstić information content (AvgIpc) is 3.24. The Bertz CT molecular complexity index is 1030. The molecule has 0 saturated heterocycles.